The summed E-state index contributed by atoms with van der Waals surface area (Å²) in [6, 6.07) is 7.75. The number of benzene rings is 1. The van der Waals surface area contributed by atoms with Gasteiger partial charge in [0.1, 0.15) is 5.75 Å². The molecule has 1 heterocycles. The highest BCUT2D eigenvalue weighted by atomic mass is 32.2. The van der Waals surface area contributed by atoms with Crippen LogP contribution >= 0.6 is 12.2 Å². The number of thiocarbonyl (C=S) groups is 1. The molecule has 0 unspecified atom stereocenters. The summed E-state index contributed by atoms with van der Waals surface area (Å²) in [5, 5.41) is 3.88. The number of sulfone groups is 1. The molecule has 0 aromatic heterocycles. The van der Waals surface area contributed by atoms with Gasteiger partial charge >= 0.3 is 0 Å². The number of rotatable bonds is 7. The lowest BCUT2D eigenvalue weighted by Crippen LogP contribution is -2.48. The predicted molar refractivity (Wildman–Crippen MR) is 105 cm³/mol. The van der Waals surface area contributed by atoms with Crippen LogP contribution in [0.5, 0.6) is 5.75 Å². The third kappa shape index (κ3) is 6.13. The molecule has 0 bridgehead atoms. The fourth-order valence-corrected chi connectivity index (χ4v) is 4.84. The van der Waals surface area contributed by atoms with E-state index in [1.807, 2.05) is 43.3 Å². The zero-order valence-corrected chi connectivity index (χ0v) is 16.7. The fourth-order valence-electron chi connectivity index (χ4n) is 2.80. The summed E-state index contributed by atoms with van der Waals surface area (Å²) in [6.45, 7) is 2.13. The molecule has 1 atom stereocenters. The number of methoxy groups -OCH3 is 1. The zero-order chi connectivity index (χ0) is 18.4. The quantitative estimate of drug-likeness (QED) is 0.706. The third-order valence-electron chi connectivity index (χ3n) is 4.30. The number of likely N-dealkylation sites (N-methyl/N-ethyl adjacent to an activating group) is 1. The second kappa shape index (κ2) is 8.82. The molecule has 1 aromatic rings. The lowest BCUT2D eigenvalue weighted by molar-refractivity contribution is 0.283. The molecule has 1 aromatic carbocycles. The van der Waals surface area contributed by atoms with Crippen LogP contribution in [0, 0.1) is 0 Å². The van der Waals surface area contributed by atoms with Gasteiger partial charge in [-0.1, -0.05) is 12.1 Å². The summed E-state index contributed by atoms with van der Waals surface area (Å²) in [5.41, 5.74) is 1.09. The van der Waals surface area contributed by atoms with Crippen LogP contribution in [-0.2, 0) is 16.4 Å². The molecular formula is C17H27N3O3S2. The first-order valence-electron chi connectivity index (χ1n) is 8.33. The topological polar surface area (TPSA) is 61.9 Å². The summed E-state index contributed by atoms with van der Waals surface area (Å²) in [7, 11) is 2.69. The van der Waals surface area contributed by atoms with E-state index in [0.717, 1.165) is 17.9 Å². The van der Waals surface area contributed by atoms with Crippen molar-refractivity contribution in [3.63, 3.8) is 0 Å². The second-order valence-electron chi connectivity index (χ2n) is 6.56. The molecule has 1 aliphatic rings. The summed E-state index contributed by atoms with van der Waals surface area (Å²) >= 11 is 5.56. The normalized spacial score (nSPS) is 19.0. The van der Waals surface area contributed by atoms with Crippen LogP contribution in [0.1, 0.15) is 12.0 Å². The van der Waals surface area contributed by atoms with Gasteiger partial charge in [-0.2, -0.15) is 0 Å². The van der Waals surface area contributed by atoms with Gasteiger partial charge in [0.15, 0.2) is 14.9 Å². The lowest BCUT2D eigenvalue weighted by Gasteiger charge is -2.32. The molecule has 140 valence electrons. The van der Waals surface area contributed by atoms with E-state index in [1.165, 1.54) is 0 Å². The Morgan fingerprint density at radius 3 is 2.48 bits per heavy atom. The highest BCUT2D eigenvalue weighted by Crippen LogP contribution is 2.18. The van der Waals surface area contributed by atoms with Crippen molar-refractivity contribution in [1.82, 2.24) is 15.1 Å². The maximum atomic E-state index is 11.8. The molecule has 1 aliphatic heterocycles. The van der Waals surface area contributed by atoms with E-state index in [1.54, 1.807) is 7.11 Å². The molecule has 0 aliphatic carbocycles. The van der Waals surface area contributed by atoms with Crippen LogP contribution in [0.3, 0.4) is 0 Å². The summed E-state index contributed by atoms with van der Waals surface area (Å²) in [4.78, 5) is 4.10. The van der Waals surface area contributed by atoms with Crippen molar-refractivity contribution < 1.29 is 13.2 Å². The van der Waals surface area contributed by atoms with Crippen molar-refractivity contribution in [3.8, 4) is 5.75 Å². The van der Waals surface area contributed by atoms with E-state index in [0.29, 0.717) is 24.6 Å². The van der Waals surface area contributed by atoms with Crippen molar-refractivity contribution >= 4 is 27.2 Å². The van der Waals surface area contributed by atoms with E-state index >= 15 is 0 Å². The maximum absolute atomic E-state index is 11.8. The number of hydrogen-bond acceptors (Lipinski definition) is 5. The van der Waals surface area contributed by atoms with E-state index in [4.69, 9.17) is 17.0 Å². The first kappa shape index (κ1) is 19.9. The number of nitrogens with zero attached hydrogens (tertiary/aromatic N) is 2. The Kier molecular flexibility index (Phi) is 7.04. The van der Waals surface area contributed by atoms with Gasteiger partial charge in [-0.15, -0.1) is 0 Å². The fraction of sp³-hybridized carbons (Fsp3) is 0.588. The van der Waals surface area contributed by atoms with Gasteiger partial charge in [0, 0.05) is 25.7 Å². The first-order chi connectivity index (χ1) is 11.8. The minimum atomic E-state index is -2.94. The van der Waals surface area contributed by atoms with Gasteiger partial charge in [-0.25, -0.2) is 8.42 Å². The molecule has 0 spiro atoms. The van der Waals surface area contributed by atoms with E-state index < -0.39 is 9.84 Å². The summed E-state index contributed by atoms with van der Waals surface area (Å²) in [6.07, 6.45) is 0.639. The average Bonchev–Trinajstić information content (AvgIpc) is 2.93. The lowest BCUT2D eigenvalue weighted by atomic mass is 10.2. The Hall–Kier alpha value is -1.38. The number of hydrogen-bond donors (Lipinski definition) is 1. The molecule has 0 radical (unpaired) electrons. The minimum Gasteiger partial charge on any atom is -0.497 e. The molecule has 2 rings (SSSR count). The van der Waals surface area contributed by atoms with E-state index in [9.17, 15) is 8.42 Å². The SMILES string of the molecule is COc1ccc(CNC(=S)N(CCN(C)C)[C@@H]2CCS(=O)(=O)C2)cc1. The van der Waals surface area contributed by atoms with Crippen LogP contribution in [-0.4, -0.2) is 75.2 Å². The van der Waals surface area contributed by atoms with E-state index in [-0.39, 0.29) is 17.5 Å². The number of ether oxygens (including phenoxy) is 1. The van der Waals surface area contributed by atoms with Gasteiger partial charge in [0.2, 0.25) is 0 Å². The highest BCUT2D eigenvalue weighted by Gasteiger charge is 2.33. The molecule has 1 N–H and O–H groups in total. The van der Waals surface area contributed by atoms with Gasteiger partial charge in [0.05, 0.1) is 18.6 Å². The largest absolute Gasteiger partial charge is 0.497 e. The van der Waals surface area contributed by atoms with Crippen molar-refractivity contribution in [3.05, 3.63) is 29.8 Å². The molecule has 8 heteroatoms. The monoisotopic (exact) mass is 385 g/mol. The molecular weight excluding hydrogens is 358 g/mol. The highest BCUT2D eigenvalue weighted by molar-refractivity contribution is 7.91. The van der Waals surface area contributed by atoms with Gasteiger partial charge in [-0.3, -0.25) is 0 Å². The zero-order valence-electron chi connectivity index (χ0n) is 15.1. The smallest absolute Gasteiger partial charge is 0.169 e. The third-order valence-corrected chi connectivity index (χ3v) is 6.43. The van der Waals surface area contributed by atoms with Crippen LogP contribution in [0.2, 0.25) is 0 Å². The Labute approximate surface area is 156 Å². The molecule has 1 fully saturated rings. The van der Waals surface area contributed by atoms with Crippen LogP contribution in [0.15, 0.2) is 24.3 Å². The minimum absolute atomic E-state index is 0.0409. The summed E-state index contributed by atoms with van der Waals surface area (Å²) < 4.78 is 28.8. The van der Waals surface area contributed by atoms with Crippen molar-refractivity contribution in [2.45, 2.75) is 19.0 Å². The molecule has 0 amide bonds. The van der Waals surface area contributed by atoms with E-state index in [2.05, 4.69) is 10.2 Å². The standard InChI is InChI=1S/C17H27N3O3S2/c1-19(2)9-10-20(15-8-11-25(21,22)13-15)17(24)18-12-14-4-6-16(23-3)7-5-14/h4-7,15H,8-13H2,1-3H3,(H,18,24)/t15-/m1/s1. The van der Waals surface area contributed by atoms with Crippen molar-refractivity contribution in [1.29, 1.82) is 0 Å². The molecule has 6 nitrogen and oxygen atoms in total. The average molecular weight is 386 g/mol. The van der Waals surface area contributed by atoms with Crippen LogP contribution in [0.25, 0.3) is 0 Å². The van der Waals surface area contributed by atoms with Gasteiger partial charge in [0.25, 0.3) is 0 Å². The second-order valence-corrected chi connectivity index (χ2v) is 9.18. The Balaban J connectivity index is 1.98. The Morgan fingerprint density at radius 2 is 1.96 bits per heavy atom. The van der Waals surface area contributed by atoms with Crippen LogP contribution in [0.4, 0.5) is 0 Å². The van der Waals surface area contributed by atoms with Crippen LogP contribution < -0.4 is 10.1 Å². The Bertz CT molecular complexity index is 675. The Morgan fingerprint density at radius 1 is 1.28 bits per heavy atom. The first-order valence-corrected chi connectivity index (χ1v) is 10.6. The van der Waals surface area contributed by atoms with Gasteiger partial charge in [-0.05, 0) is 50.4 Å². The number of nitrogens with one attached hydrogen (secondary N) is 1. The molecule has 25 heavy (non-hydrogen) atoms. The maximum Gasteiger partial charge on any atom is 0.169 e. The summed E-state index contributed by atoms with van der Waals surface area (Å²) in [5.74, 6) is 1.25. The molecule has 1 saturated heterocycles. The molecule has 0 saturated carbocycles. The predicted octanol–water partition coefficient (Wildman–Crippen LogP) is 1.12. The van der Waals surface area contributed by atoms with Crippen molar-refractivity contribution in [2.75, 3.05) is 45.8 Å². The van der Waals surface area contributed by atoms with Gasteiger partial charge < -0.3 is 19.9 Å². The van der Waals surface area contributed by atoms with Crippen molar-refractivity contribution in [2.24, 2.45) is 0 Å².